The van der Waals surface area contributed by atoms with Crippen LogP contribution in [0.15, 0.2) is 29.8 Å². The Kier molecular flexibility index (Phi) is 8.57. The minimum Gasteiger partial charge on any atom is -0.507 e. The number of amides is 1. The number of aliphatic hydroxyl groups is 1. The van der Waals surface area contributed by atoms with E-state index in [1.54, 1.807) is 38.1 Å². The van der Waals surface area contributed by atoms with Gasteiger partial charge in [-0.3, -0.25) is 9.59 Å². The van der Waals surface area contributed by atoms with Crippen molar-refractivity contribution in [2.75, 3.05) is 39.9 Å². The fourth-order valence-corrected chi connectivity index (χ4v) is 4.71. The molecule has 194 valence electrons. The van der Waals surface area contributed by atoms with Crippen LogP contribution in [-0.4, -0.2) is 77.4 Å². The molecular weight excluding hydrogens is 462 g/mol. The van der Waals surface area contributed by atoms with Crippen LogP contribution >= 0.6 is 0 Å². The summed E-state index contributed by atoms with van der Waals surface area (Å²) in [7, 11) is 1.27. The zero-order chi connectivity index (χ0) is 26.6. The first-order valence-electron chi connectivity index (χ1n) is 12.2. The number of hydrogen-bond acceptors (Lipinski definition) is 7. The van der Waals surface area contributed by atoms with Gasteiger partial charge in [0.1, 0.15) is 17.2 Å². The Balaban J connectivity index is 2.16. The van der Waals surface area contributed by atoms with Gasteiger partial charge in [-0.15, -0.1) is 0 Å². The van der Waals surface area contributed by atoms with E-state index in [-0.39, 0.29) is 17.0 Å². The lowest BCUT2D eigenvalue weighted by Crippen LogP contribution is -2.38. The van der Waals surface area contributed by atoms with E-state index in [0.29, 0.717) is 47.8 Å². The predicted molar refractivity (Wildman–Crippen MR) is 136 cm³/mol. The standard InChI is InChI=1S/C27H35N3O6/c1-7-29(8-2)14-15-30-23(18-10-12-19(13-11-18)36-9-3)21(25(32)26(30)33)24(31)20-16(4)22(27(34)35-6)28-17(20)5/h10-13,23,28,31H,7-9,14-15H2,1-6H3/b24-21+. The number of esters is 1. The lowest BCUT2D eigenvalue weighted by atomic mass is 9.94. The van der Waals surface area contributed by atoms with Crippen molar-refractivity contribution in [3.8, 4) is 5.75 Å². The summed E-state index contributed by atoms with van der Waals surface area (Å²) < 4.78 is 10.4. The number of aryl methyl sites for hydroxylation is 1. The molecule has 1 saturated heterocycles. The summed E-state index contributed by atoms with van der Waals surface area (Å²) in [6, 6.07) is 6.38. The van der Waals surface area contributed by atoms with Crippen LogP contribution in [0, 0.1) is 13.8 Å². The normalized spacial score (nSPS) is 17.2. The lowest BCUT2D eigenvalue weighted by molar-refractivity contribution is -0.140. The number of aromatic amines is 1. The number of rotatable bonds is 10. The van der Waals surface area contributed by atoms with Gasteiger partial charge < -0.3 is 29.4 Å². The molecule has 1 aromatic carbocycles. The van der Waals surface area contributed by atoms with E-state index in [0.717, 1.165) is 13.1 Å². The number of carbonyl (C=O) groups excluding carboxylic acids is 3. The average molecular weight is 498 g/mol. The molecular formula is C27H35N3O6. The molecule has 1 fully saturated rings. The summed E-state index contributed by atoms with van der Waals surface area (Å²) in [4.78, 5) is 45.4. The fraction of sp³-hybridized carbons (Fsp3) is 0.444. The van der Waals surface area contributed by atoms with Crippen LogP contribution in [0.2, 0.25) is 0 Å². The Labute approximate surface area is 211 Å². The molecule has 0 saturated carbocycles. The lowest BCUT2D eigenvalue weighted by Gasteiger charge is -2.28. The summed E-state index contributed by atoms with van der Waals surface area (Å²) in [5.74, 6) is -1.66. The van der Waals surface area contributed by atoms with Crippen molar-refractivity contribution in [1.82, 2.24) is 14.8 Å². The number of nitrogens with one attached hydrogen (secondary N) is 1. The van der Waals surface area contributed by atoms with Gasteiger partial charge in [-0.05, 0) is 57.1 Å². The average Bonchev–Trinajstić information content (AvgIpc) is 3.31. The number of methoxy groups -OCH3 is 1. The Morgan fingerprint density at radius 2 is 1.75 bits per heavy atom. The zero-order valence-corrected chi connectivity index (χ0v) is 21.8. The van der Waals surface area contributed by atoms with Gasteiger partial charge in [-0.25, -0.2) is 4.79 Å². The number of Topliss-reactive ketones (excluding diaryl/α,β-unsaturated/α-hetero) is 1. The minimum absolute atomic E-state index is 0.00896. The number of aliphatic hydroxyl groups excluding tert-OH is 1. The number of ketones is 1. The van der Waals surface area contributed by atoms with E-state index in [2.05, 4.69) is 9.88 Å². The number of aromatic nitrogens is 1. The number of benzene rings is 1. The molecule has 9 heteroatoms. The van der Waals surface area contributed by atoms with Crippen molar-refractivity contribution in [3.63, 3.8) is 0 Å². The molecule has 3 rings (SSSR count). The quantitative estimate of drug-likeness (QED) is 0.223. The monoisotopic (exact) mass is 497 g/mol. The SMILES string of the molecule is CCOc1ccc(C2/C(=C(\O)c3c(C)[nH]c(C(=O)OC)c3C)C(=O)C(=O)N2CCN(CC)CC)cc1. The van der Waals surface area contributed by atoms with Gasteiger partial charge in [0.05, 0.1) is 25.3 Å². The van der Waals surface area contributed by atoms with Crippen LogP contribution in [0.25, 0.3) is 5.76 Å². The van der Waals surface area contributed by atoms with Gasteiger partial charge in [0.2, 0.25) is 0 Å². The molecule has 0 radical (unpaired) electrons. The van der Waals surface area contributed by atoms with Gasteiger partial charge in [0.25, 0.3) is 11.7 Å². The Morgan fingerprint density at radius 3 is 2.31 bits per heavy atom. The van der Waals surface area contributed by atoms with Crippen molar-refractivity contribution in [3.05, 3.63) is 57.9 Å². The van der Waals surface area contributed by atoms with Crippen molar-refractivity contribution < 1.29 is 29.0 Å². The first-order chi connectivity index (χ1) is 17.2. The minimum atomic E-state index is -0.786. The summed E-state index contributed by atoms with van der Waals surface area (Å²) in [5.41, 5.74) is 2.10. The maximum absolute atomic E-state index is 13.3. The highest BCUT2D eigenvalue weighted by Crippen LogP contribution is 2.41. The summed E-state index contributed by atoms with van der Waals surface area (Å²) in [6.45, 7) is 12.4. The van der Waals surface area contributed by atoms with Gasteiger partial charge in [0.15, 0.2) is 0 Å². The second-order valence-electron chi connectivity index (χ2n) is 8.64. The van der Waals surface area contributed by atoms with Crippen LogP contribution in [0.5, 0.6) is 5.75 Å². The van der Waals surface area contributed by atoms with E-state index in [4.69, 9.17) is 9.47 Å². The molecule has 36 heavy (non-hydrogen) atoms. The van der Waals surface area contributed by atoms with Gasteiger partial charge in [-0.1, -0.05) is 26.0 Å². The Morgan fingerprint density at radius 1 is 1.11 bits per heavy atom. The first-order valence-corrected chi connectivity index (χ1v) is 12.2. The van der Waals surface area contributed by atoms with E-state index >= 15 is 0 Å². The van der Waals surface area contributed by atoms with Crippen LogP contribution in [0.3, 0.4) is 0 Å². The third-order valence-electron chi connectivity index (χ3n) is 6.66. The molecule has 1 unspecified atom stereocenters. The smallest absolute Gasteiger partial charge is 0.354 e. The molecule has 9 nitrogen and oxygen atoms in total. The Bertz CT molecular complexity index is 1160. The van der Waals surface area contributed by atoms with Crippen molar-refractivity contribution in [2.45, 2.75) is 40.7 Å². The van der Waals surface area contributed by atoms with Gasteiger partial charge in [0, 0.05) is 24.3 Å². The van der Waals surface area contributed by atoms with Crippen molar-refractivity contribution in [2.24, 2.45) is 0 Å². The summed E-state index contributed by atoms with van der Waals surface area (Å²) in [5, 5.41) is 11.5. The highest BCUT2D eigenvalue weighted by molar-refractivity contribution is 6.46. The first kappa shape index (κ1) is 27.0. The molecule has 1 aliphatic heterocycles. The van der Waals surface area contributed by atoms with E-state index in [1.807, 2.05) is 20.8 Å². The van der Waals surface area contributed by atoms with Crippen molar-refractivity contribution >= 4 is 23.4 Å². The topological polar surface area (TPSA) is 112 Å². The van der Waals surface area contributed by atoms with Crippen LogP contribution in [-0.2, 0) is 14.3 Å². The molecule has 1 atom stereocenters. The molecule has 0 bridgehead atoms. The highest BCUT2D eigenvalue weighted by Gasteiger charge is 2.46. The van der Waals surface area contributed by atoms with E-state index in [1.165, 1.54) is 12.0 Å². The van der Waals surface area contributed by atoms with Gasteiger partial charge >= 0.3 is 5.97 Å². The number of carbonyl (C=O) groups is 3. The van der Waals surface area contributed by atoms with Crippen LogP contribution in [0.4, 0.5) is 0 Å². The highest BCUT2D eigenvalue weighted by atomic mass is 16.5. The summed E-state index contributed by atoms with van der Waals surface area (Å²) >= 11 is 0. The van der Waals surface area contributed by atoms with Gasteiger partial charge in [-0.2, -0.15) is 0 Å². The molecule has 2 aromatic rings. The van der Waals surface area contributed by atoms with Crippen LogP contribution < -0.4 is 4.74 Å². The molecule has 2 N–H and O–H groups in total. The number of H-pyrrole nitrogens is 1. The fourth-order valence-electron chi connectivity index (χ4n) is 4.71. The number of likely N-dealkylation sites (tertiary alicyclic amines) is 1. The van der Waals surface area contributed by atoms with Crippen molar-refractivity contribution in [1.29, 1.82) is 0 Å². The number of likely N-dealkylation sites (N-methyl/N-ethyl adjacent to an activating group) is 1. The second kappa shape index (κ2) is 11.4. The zero-order valence-electron chi connectivity index (χ0n) is 21.8. The molecule has 1 aliphatic rings. The van der Waals surface area contributed by atoms with Crippen LogP contribution in [0.1, 0.15) is 59.7 Å². The number of hydrogen-bond donors (Lipinski definition) is 2. The maximum Gasteiger partial charge on any atom is 0.354 e. The molecule has 1 amide bonds. The largest absolute Gasteiger partial charge is 0.507 e. The second-order valence-corrected chi connectivity index (χ2v) is 8.64. The number of nitrogens with zero attached hydrogens (tertiary/aromatic N) is 2. The summed E-state index contributed by atoms with van der Waals surface area (Å²) in [6.07, 6.45) is 0. The molecule has 0 aliphatic carbocycles. The molecule has 1 aromatic heterocycles. The number of ether oxygens (including phenoxy) is 2. The molecule has 0 spiro atoms. The van der Waals surface area contributed by atoms with E-state index in [9.17, 15) is 19.5 Å². The third-order valence-corrected chi connectivity index (χ3v) is 6.66. The van der Waals surface area contributed by atoms with E-state index < -0.39 is 23.7 Å². The maximum atomic E-state index is 13.3. The Hall–Kier alpha value is -3.59. The predicted octanol–water partition coefficient (Wildman–Crippen LogP) is 3.58. The molecule has 2 heterocycles. The third kappa shape index (κ3) is 5.02.